The SMILES string of the molecule is O=P(F)(Cl)OC(F)(F)C(F)(F)F. The first-order valence-electron chi connectivity index (χ1n) is 2.10. The van der Waals surface area contributed by atoms with E-state index in [1.54, 1.807) is 0 Å². The summed E-state index contributed by atoms with van der Waals surface area (Å²) in [7, 11) is -5.88. The summed E-state index contributed by atoms with van der Waals surface area (Å²) < 4.78 is 79.9. The van der Waals surface area contributed by atoms with E-state index in [9.17, 15) is 30.7 Å². The van der Waals surface area contributed by atoms with Crippen molar-refractivity contribution >= 4 is 18.3 Å². The van der Waals surface area contributed by atoms with Gasteiger partial charge in [0.1, 0.15) is 0 Å². The predicted molar refractivity (Wildman–Crippen MR) is 26.7 cm³/mol. The van der Waals surface area contributed by atoms with Gasteiger partial charge in [-0.05, 0) is 0 Å². The fourth-order valence-electron chi connectivity index (χ4n) is 0.185. The first kappa shape index (κ1) is 12.1. The fraction of sp³-hybridized carbons (Fsp3) is 1.00. The van der Waals surface area contributed by atoms with E-state index < -0.39 is 19.3 Å². The summed E-state index contributed by atoms with van der Waals surface area (Å²) in [4.78, 5) is 0. The molecule has 0 aromatic carbocycles. The quantitative estimate of drug-likeness (QED) is 0.542. The molecule has 2 nitrogen and oxygen atoms in total. The van der Waals surface area contributed by atoms with Gasteiger partial charge < -0.3 is 0 Å². The van der Waals surface area contributed by atoms with E-state index in [0.29, 0.717) is 0 Å². The number of alkyl halides is 5. The Morgan fingerprint density at radius 1 is 1.17 bits per heavy atom. The molecule has 1 unspecified atom stereocenters. The molecule has 74 valence electrons. The first-order chi connectivity index (χ1) is 4.96. The van der Waals surface area contributed by atoms with E-state index in [2.05, 4.69) is 15.8 Å². The van der Waals surface area contributed by atoms with Gasteiger partial charge in [-0.1, -0.05) is 0 Å². The molecule has 0 aliphatic rings. The maximum Gasteiger partial charge on any atom is 0.483 e. The van der Waals surface area contributed by atoms with Crippen molar-refractivity contribution in [1.82, 2.24) is 0 Å². The summed E-state index contributed by atoms with van der Waals surface area (Å²) in [6.45, 7) is 0. The smallest absolute Gasteiger partial charge is 0.236 e. The summed E-state index contributed by atoms with van der Waals surface area (Å²) in [5.41, 5.74) is 0. The van der Waals surface area contributed by atoms with E-state index in [0.717, 1.165) is 0 Å². The summed E-state index contributed by atoms with van der Waals surface area (Å²) in [5.74, 6) is 0. The van der Waals surface area contributed by atoms with E-state index in [1.165, 1.54) is 0 Å². The molecule has 0 amide bonds. The van der Waals surface area contributed by atoms with Crippen molar-refractivity contribution in [3.8, 4) is 0 Å². The molecule has 10 heteroatoms. The van der Waals surface area contributed by atoms with Crippen LogP contribution in [0.2, 0.25) is 0 Å². The molecule has 0 saturated carbocycles. The average molecular weight is 236 g/mol. The number of hydrogen-bond acceptors (Lipinski definition) is 2. The molecule has 0 aliphatic carbocycles. The van der Waals surface area contributed by atoms with Crippen LogP contribution in [-0.2, 0) is 9.09 Å². The van der Waals surface area contributed by atoms with Crippen molar-refractivity contribution in [3.63, 3.8) is 0 Å². The lowest BCUT2D eigenvalue weighted by Gasteiger charge is -2.18. The number of halogens is 7. The molecule has 0 saturated heterocycles. The summed E-state index contributed by atoms with van der Waals surface area (Å²) >= 11 is 3.91. The van der Waals surface area contributed by atoms with Gasteiger partial charge in [0.05, 0.1) is 0 Å². The highest BCUT2D eigenvalue weighted by molar-refractivity contribution is 7.81. The van der Waals surface area contributed by atoms with Crippen LogP contribution in [0.15, 0.2) is 0 Å². The van der Waals surface area contributed by atoms with Crippen LogP contribution in [0, 0.1) is 0 Å². The summed E-state index contributed by atoms with van der Waals surface area (Å²) in [6, 6.07) is 0. The summed E-state index contributed by atoms with van der Waals surface area (Å²) in [5, 5.41) is 0. The van der Waals surface area contributed by atoms with Gasteiger partial charge >= 0.3 is 19.3 Å². The topological polar surface area (TPSA) is 26.3 Å². The molecule has 0 radical (unpaired) electrons. The van der Waals surface area contributed by atoms with Gasteiger partial charge in [-0.25, -0.2) is 9.09 Å². The lowest BCUT2D eigenvalue weighted by molar-refractivity contribution is -0.361. The molecule has 0 aromatic heterocycles. The van der Waals surface area contributed by atoms with Gasteiger partial charge in [-0.3, -0.25) is 0 Å². The van der Waals surface area contributed by atoms with Gasteiger partial charge in [0.25, 0.3) is 0 Å². The van der Waals surface area contributed by atoms with E-state index >= 15 is 0 Å². The van der Waals surface area contributed by atoms with Gasteiger partial charge in [-0.2, -0.15) is 22.0 Å². The maximum absolute atomic E-state index is 11.6. The summed E-state index contributed by atoms with van der Waals surface area (Å²) in [6.07, 6.45) is -12.0. The van der Waals surface area contributed by atoms with Crippen LogP contribution >= 0.6 is 18.3 Å². The molecule has 0 N–H and O–H groups in total. The predicted octanol–water partition coefficient (Wildman–Crippen LogP) is 3.47. The fourth-order valence-corrected chi connectivity index (χ4v) is 0.816. The van der Waals surface area contributed by atoms with Crippen molar-refractivity contribution in [2.75, 3.05) is 0 Å². The largest absolute Gasteiger partial charge is 0.483 e. The molecule has 0 rings (SSSR count). The van der Waals surface area contributed by atoms with Gasteiger partial charge in [-0.15, -0.1) is 4.20 Å². The minimum absolute atomic E-state index is 2.19. The molecule has 0 heterocycles. The van der Waals surface area contributed by atoms with E-state index in [1.807, 2.05) is 0 Å². The van der Waals surface area contributed by atoms with Crippen LogP contribution in [0.5, 0.6) is 0 Å². The van der Waals surface area contributed by atoms with Crippen molar-refractivity contribution in [3.05, 3.63) is 0 Å². The zero-order chi connectivity index (χ0) is 10.2. The Balaban J connectivity index is 4.56. The average Bonchev–Trinajstić information content (AvgIpc) is 1.52. The van der Waals surface area contributed by atoms with Crippen LogP contribution in [0.25, 0.3) is 0 Å². The third kappa shape index (κ3) is 3.64. The minimum Gasteiger partial charge on any atom is -0.236 e. The van der Waals surface area contributed by atoms with Crippen LogP contribution < -0.4 is 0 Å². The molecular formula is C2ClF6O2P. The normalized spacial score (nSPS) is 18.9. The zero-order valence-electron chi connectivity index (χ0n) is 4.91. The van der Waals surface area contributed by atoms with E-state index in [4.69, 9.17) is 0 Å². The van der Waals surface area contributed by atoms with Gasteiger partial charge in [0.15, 0.2) is 0 Å². The Morgan fingerprint density at radius 3 is 1.58 bits per heavy atom. The van der Waals surface area contributed by atoms with E-state index in [-0.39, 0.29) is 0 Å². The van der Waals surface area contributed by atoms with Crippen molar-refractivity contribution in [2.24, 2.45) is 0 Å². The first-order valence-corrected chi connectivity index (χ1v) is 4.52. The number of hydrogen-bond donors (Lipinski definition) is 0. The van der Waals surface area contributed by atoms with Crippen molar-refractivity contribution in [1.29, 1.82) is 0 Å². The third-order valence-electron chi connectivity index (χ3n) is 0.551. The Kier molecular flexibility index (Phi) is 3.10. The number of rotatable bonds is 2. The Labute approximate surface area is 66.8 Å². The molecule has 0 bridgehead atoms. The minimum atomic E-state index is -6.15. The van der Waals surface area contributed by atoms with Crippen LogP contribution in [0.3, 0.4) is 0 Å². The van der Waals surface area contributed by atoms with Crippen LogP contribution in [0.4, 0.5) is 26.1 Å². The Morgan fingerprint density at radius 2 is 1.50 bits per heavy atom. The molecule has 0 fully saturated rings. The highest BCUT2D eigenvalue weighted by atomic mass is 35.7. The van der Waals surface area contributed by atoms with Crippen molar-refractivity contribution < 1.29 is 35.2 Å². The highest BCUT2D eigenvalue weighted by Crippen LogP contribution is 2.59. The Bertz CT molecular complexity index is 206. The van der Waals surface area contributed by atoms with Crippen LogP contribution in [-0.4, -0.2) is 12.3 Å². The molecule has 0 aliphatic heterocycles. The zero-order valence-corrected chi connectivity index (χ0v) is 6.56. The third-order valence-corrected chi connectivity index (χ3v) is 1.20. The second-order valence-corrected chi connectivity index (χ2v) is 3.74. The molecular weight excluding hydrogens is 236 g/mol. The van der Waals surface area contributed by atoms with Gasteiger partial charge in [0, 0.05) is 11.2 Å². The van der Waals surface area contributed by atoms with Gasteiger partial charge in [0.2, 0.25) is 0 Å². The second-order valence-electron chi connectivity index (χ2n) is 1.52. The monoisotopic (exact) mass is 236 g/mol. The highest BCUT2D eigenvalue weighted by Gasteiger charge is 2.62. The molecule has 1 atom stereocenters. The molecule has 0 aromatic rings. The molecule has 12 heavy (non-hydrogen) atoms. The standard InChI is InChI=1S/C2ClF6O2P/c3-12(9,10)11-2(7,8)1(4,5)6. The second kappa shape index (κ2) is 3.08. The van der Waals surface area contributed by atoms with Crippen LogP contribution in [0.1, 0.15) is 0 Å². The lowest BCUT2D eigenvalue weighted by Crippen LogP contribution is -2.37. The van der Waals surface area contributed by atoms with Crippen molar-refractivity contribution in [2.45, 2.75) is 12.3 Å². The molecule has 0 spiro atoms. The Hall–Kier alpha value is 0.0600. The maximum atomic E-state index is 11.6. The lowest BCUT2D eigenvalue weighted by atomic mass is 10.6.